The Morgan fingerprint density at radius 3 is 1.91 bits per heavy atom. The Balaban J connectivity index is 2.62. The van der Waals surface area contributed by atoms with Crippen molar-refractivity contribution in [1.82, 2.24) is 0 Å². The van der Waals surface area contributed by atoms with E-state index in [4.69, 9.17) is 6.42 Å². The van der Waals surface area contributed by atoms with Gasteiger partial charge in [0.05, 0.1) is 0 Å². The SMILES string of the molecule is C#CC(=O)c1ccc2c3c(ccc(C(C)=O)c13)C(=O)C#CC2=O. The number of hydrogen-bond donors (Lipinski definition) is 0. The first kappa shape index (κ1) is 14.4. The van der Waals surface area contributed by atoms with Crippen LogP contribution in [-0.2, 0) is 0 Å². The predicted molar refractivity (Wildman–Crippen MR) is 83.6 cm³/mol. The molecule has 23 heavy (non-hydrogen) atoms. The molecule has 0 unspecified atom stereocenters. The van der Waals surface area contributed by atoms with E-state index in [0.717, 1.165) is 0 Å². The van der Waals surface area contributed by atoms with Crippen LogP contribution in [0.25, 0.3) is 10.8 Å². The number of benzene rings is 2. The molecule has 0 radical (unpaired) electrons. The van der Waals surface area contributed by atoms with E-state index < -0.39 is 17.3 Å². The fraction of sp³-hybridized carbons (Fsp3) is 0.0526. The maximum Gasteiger partial charge on any atom is 0.237 e. The molecule has 0 heterocycles. The number of ketones is 4. The maximum atomic E-state index is 12.1. The van der Waals surface area contributed by atoms with Crippen molar-refractivity contribution in [1.29, 1.82) is 0 Å². The number of carbonyl (C=O) groups excluding carboxylic acids is 4. The summed E-state index contributed by atoms with van der Waals surface area (Å²) in [6.45, 7) is 1.34. The van der Waals surface area contributed by atoms with Gasteiger partial charge in [-0.1, -0.05) is 0 Å². The van der Waals surface area contributed by atoms with Crippen LogP contribution in [0.5, 0.6) is 0 Å². The second-order valence-electron chi connectivity index (χ2n) is 5.01. The summed E-state index contributed by atoms with van der Waals surface area (Å²) in [5, 5.41) is 0.467. The summed E-state index contributed by atoms with van der Waals surface area (Å²) in [7, 11) is 0. The standard InChI is InChI=1S/C19H8O4/c1-3-15(21)12-6-7-14-17(23)9-8-16(22)13-5-4-11(10(2)20)18(12)19(13)14/h1,4-7H,2H3. The minimum Gasteiger partial charge on any atom is -0.294 e. The van der Waals surface area contributed by atoms with Gasteiger partial charge in [-0.15, -0.1) is 6.42 Å². The van der Waals surface area contributed by atoms with Crippen LogP contribution in [0.3, 0.4) is 0 Å². The summed E-state index contributed by atoms with van der Waals surface area (Å²) >= 11 is 0. The molecule has 0 spiro atoms. The summed E-state index contributed by atoms with van der Waals surface area (Å²) in [6, 6.07) is 5.70. The highest BCUT2D eigenvalue weighted by Gasteiger charge is 2.24. The van der Waals surface area contributed by atoms with E-state index in [0.29, 0.717) is 0 Å². The van der Waals surface area contributed by atoms with Gasteiger partial charge < -0.3 is 0 Å². The third kappa shape index (κ3) is 2.06. The highest BCUT2D eigenvalue weighted by atomic mass is 16.1. The van der Waals surface area contributed by atoms with Crippen LogP contribution in [0.2, 0.25) is 0 Å². The minimum atomic E-state index is -0.624. The lowest BCUT2D eigenvalue weighted by Gasteiger charge is -2.12. The average Bonchev–Trinajstić information content (AvgIpc) is 2.67. The zero-order chi connectivity index (χ0) is 16.7. The molecule has 0 aromatic heterocycles. The second-order valence-corrected chi connectivity index (χ2v) is 5.01. The van der Waals surface area contributed by atoms with Crippen LogP contribution in [-0.4, -0.2) is 23.1 Å². The lowest BCUT2D eigenvalue weighted by Crippen LogP contribution is -2.07. The third-order valence-corrected chi connectivity index (χ3v) is 3.69. The summed E-state index contributed by atoms with van der Waals surface area (Å²) in [4.78, 5) is 48.2. The van der Waals surface area contributed by atoms with Crippen LogP contribution >= 0.6 is 0 Å². The molecule has 0 fully saturated rings. The van der Waals surface area contributed by atoms with Gasteiger partial charge >= 0.3 is 0 Å². The molecule has 3 rings (SSSR count). The van der Waals surface area contributed by atoms with Crippen LogP contribution in [0.1, 0.15) is 48.4 Å². The monoisotopic (exact) mass is 300 g/mol. The number of carbonyl (C=O) groups is 4. The summed E-state index contributed by atoms with van der Waals surface area (Å²) in [6.07, 6.45) is 5.19. The molecule has 0 saturated carbocycles. The van der Waals surface area contributed by atoms with E-state index >= 15 is 0 Å². The first-order valence-corrected chi connectivity index (χ1v) is 6.68. The Kier molecular flexibility index (Phi) is 3.17. The van der Waals surface area contributed by atoms with Crippen molar-refractivity contribution in [2.24, 2.45) is 0 Å². The van der Waals surface area contributed by atoms with Crippen molar-refractivity contribution < 1.29 is 19.2 Å². The van der Waals surface area contributed by atoms with Crippen LogP contribution in [0.4, 0.5) is 0 Å². The third-order valence-electron chi connectivity index (χ3n) is 3.69. The normalized spacial score (nSPS) is 12.2. The maximum absolute atomic E-state index is 12.1. The zero-order valence-corrected chi connectivity index (χ0v) is 12.0. The fourth-order valence-corrected chi connectivity index (χ4v) is 2.68. The lowest BCUT2D eigenvalue weighted by atomic mass is 9.88. The van der Waals surface area contributed by atoms with Crippen molar-refractivity contribution in [3.8, 4) is 24.2 Å². The molecular formula is C19H8O4. The van der Waals surface area contributed by atoms with E-state index in [1.54, 1.807) is 0 Å². The molecule has 4 nitrogen and oxygen atoms in total. The van der Waals surface area contributed by atoms with Gasteiger partial charge in [-0.05, 0) is 49.0 Å². The van der Waals surface area contributed by atoms with Gasteiger partial charge in [0.15, 0.2) is 5.78 Å². The molecule has 4 heteroatoms. The van der Waals surface area contributed by atoms with E-state index in [-0.39, 0.29) is 38.8 Å². The highest BCUT2D eigenvalue weighted by Crippen LogP contribution is 2.32. The molecule has 2 aromatic rings. The number of hydrogen-bond acceptors (Lipinski definition) is 4. The van der Waals surface area contributed by atoms with Crippen molar-refractivity contribution in [2.45, 2.75) is 6.92 Å². The molecule has 1 aliphatic rings. The first-order chi connectivity index (χ1) is 11.0. The first-order valence-electron chi connectivity index (χ1n) is 6.68. The number of rotatable bonds is 2. The van der Waals surface area contributed by atoms with Gasteiger partial charge in [-0.2, -0.15) is 0 Å². The molecule has 108 valence electrons. The Morgan fingerprint density at radius 2 is 1.43 bits per heavy atom. The molecule has 0 aliphatic heterocycles. The van der Waals surface area contributed by atoms with Gasteiger partial charge in [-0.3, -0.25) is 19.2 Å². The quantitative estimate of drug-likeness (QED) is 0.484. The van der Waals surface area contributed by atoms with Crippen LogP contribution in [0, 0.1) is 24.2 Å². The van der Waals surface area contributed by atoms with E-state index in [1.807, 2.05) is 5.92 Å². The zero-order valence-electron chi connectivity index (χ0n) is 12.0. The average molecular weight is 300 g/mol. The Hall–Kier alpha value is -3.50. The largest absolute Gasteiger partial charge is 0.294 e. The fourth-order valence-electron chi connectivity index (χ4n) is 2.68. The molecule has 0 atom stereocenters. The molecule has 0 N–H and O–H groups in total. The Morgan fingerprint density at radius 1 is 0.913 bits per heavy atom. The predicted octanol–water partition coefficient (Wildman–Crippen LogP) is 2.24. The molecule has 0 bridgehead atoms. The topological polar surface area (TPSA) is 68.3 Å². The minimum absolute atomic E-state index is 0.112. The van der Waals surface area contributed by atoms with Gasteiger partial charge in [0.25, 0.3) is 0 Å². The van der Waals surface area contributed by atoms with Gasteiger partial charge in [0, 0.05) is 33.0 Å². The van der Waals surface area contributed by atoms with Gasteiger partial charge in [0.1, 0.15) is 0 Å². The molecule has 2 aromatic carbocycles. The molecule has 0 saturated heterocycles. The van der Waals surface area contributed by atoms with Crippen molar-refractivity contribution >= 4 is 33.9 Å². The second kappa shape index (κ2) is 5.05. The molecule has 0 amide bonds. The van der Waals surface area contributed by atoms with Crippen LogP contribution in [0.15, 0.2) is 24.3 Å². The Labute approximate surface area is 131 Å². The smallest absolute Gasteiger partial charge is 0.237 e. The van der Waals surface area contributed by atoms with Gasteiger partial charge in [0.2, 0.25) is 17.3 Å². The summed E-state index contributed by atoms with van der Waals surface area (Å²) in [5.41, 5.74) is 0.711. The summed E-state index contributed by atoms with van der Waals surface area (Å²) < 4.78 is 0. The summed E-state index contributed by atoms with van der Waals surface area (Å²) in [5.74, 6) is 4.53. The highest BCUT2D eigenvalue weighted by molar-refractivity contribution is 6.33. The van der Waals surface area contributed by atoms with Crippen molar-refractivity contribution in [2.75, 3.05) is 0 Å². The van der Waals surface area contributed by atoms with Crippen molar-refractivity contribution in [3.63, 3.8) is 0 Å². The molecular weight excluding hydrogens is 292 g/mol. The van der Waals surface area contributed by atoms with Crippen LogP contribution < -0.4 is 0 Å². The van der Waals surface area contributed by atoms with E-state index in [2.05, 4.69) is 11.8 Å². The van der Waals surface area contributed by atoms with E-state index in [1.165, 1.54) is 31.2 Å². The Bertz CT molecular complexity index is 1030. The number of Topliss-reactive ketones (excluding diaryl/α,β-unsaturated/α-hetero) is 4. The number of terminal acetylenes is 1. The van der Waals surface area contributed by atoms with E-state index in [9.17, 15) is 19.2 Å². The van der Waals surface area contributed by atoms with Crippen molar-refractivity contribution in [3.05, 3.63) is 46.5 Å². The molecule has 1 aliphatic carbocycles. The van der Waals surface area contributed by atoms with Gasteiger partial charge in [-0.25, -0.2) is 0 Å². The lowest BCUT2D eigenvalue weighted by molar-refractivity contribution is 0.101.